The van der Waals surface area contributed by atoms with Gasteiger partial charge in [-0.05, 0) is 57.5 Å². The highest BCUT2D eigenvalue weighted by Crippen LogP contribution is 2.30. The summed E-state index contributed by atoms with van der Waals surface area (Å²) >= 11 is 0. The van der Waals surface area contributed by atoms with Crippen LogP contribution in [0.5, 0.6) is 5.75 Å². The average Bonchev–Trinajstić information content (AvgIpc) is 3.38. The number of nitrogens with zero attached hydrogens (tertiary/aromatic N) is 4. The van der Waals surface area contributed by atoms with Crippen LogP contribution in [-0.4, -0.2) is 27.3 Å². The number of fused-ring (bicyclic) bond motifs is 1. The smallest absolute Gasteiger partial charge is 0.252 e. The van der Waals surface area contributed by atoms with Crippen LogP contribution in [0, 0.1) is 25.2 Å². The largest absolute Gasteiger partial charge is 0.479 e. The van der Waals surface area contributed by atoms with Gasteiger partial charge in [0.15, 0.2) is 12.3 Å². The van der Waals surface area contributed by atoms with Crippen LogP contribution in [0.4, 0.5) is 0 Å². The molecule has 0 atom stereocenters. The standard InChI is InChI=1S/C25H25N5O3/c1-15(2)30-24-22(14-28-30)21(12-23(29-24)20-10-16(3)33-17(20)4)25(31)27-13-18-6-5-7-19(11-18)32-9-8-26/h5-7,10-12,14-15H,9,13H2,1-4H3,(H,27,31). The minimum absolute atomic E-state index is 0.0275. The highest BCUT2D eigenvalue weighted by Gasteiger charge is 2.20. The molecule has 1 amide bonds. The van der Waals surface area contributed by atoms with Crippen LogP contribution >= 0.6 is 0 Å². The summed E-state index contributed by atoms with van der Waals surface area (Å²) in [5.74, 6) is 1.89. The summed E-state index contributed by atoms with van der Waals surface area (Å²) in [5, 5.41) is 16.8. The highest BCUT2D eigenvalue weighted by molar-refractivity contribution is 6.06. The molecular formula is C25H25N5O3. The Morgan fingerprint density at radius 1 is 1.27 bits per heavy atom. The van der Waals surface area contributed by atoms with E-state index in [-0.39, 0.29) is 18.6 Å². The first kappa shape index (κ1) is 22.1. The van der Waals surface area contributed by atoms with Gasteiger partial charge < -0.3 is 14.5 Å². The van der Waals surface area contributed by atoms with Crippen LogP contribution in [0.25, 0.3) is 22.3 Å². The number of ether oxygens (including phenoxy) is 1. The maximum absolute atomic E-state index is 13.3. The van der Waals surface area contributed by atoms with Gasteiger partial charge in [0.25, 0.3) is 5.91 Å². The Hall–Kier alpha value is -4.12. The number of hydrogen-bond acceptors (Lipinski definition) is 6. The van der Waals surface area contributed by atoms with E-state index in [0.717, 1.165) is 22.6 Å². The van der Waals surface area contributed by atoms with Gasteiger partial charge in [-0.15, -0.1) is 0 Å². The van der Waals surface area contributed by atoms with Crippen LogP contribution in [0.3, 0.4) is 0 Å². The molecule has 3 heterocycles. The lowest BCUT2D eigenvalue weighted by Gasteiger charge is -2.11. The number of aryl methyl sites for hydroxylation is 2. The summed E-state index contributed by atoms with van der Waals surface area (Å²) in [5.41, 5.74) is 3.52. The Kier molecular flexibility index (Phi) is 6.13. The van der Waals surface area contributed by atoms with Crippen LogP contribution in [0.1, 0.15) is 47.3 Å². The number of aromatic nitrogens is 3. The van der Waals surface area contributed by atoms with Gasteiger partial charge in [-0.25, -0.2) is 9.67 Å². The molecular weight excluding hydrogens is 418 g/mol. The van der Waals surface area contributed by atoms with E-state index < -0.39 is 0 Å². The molecule has 0 aliphatic heterocycles. The SMILES string of the molecule is Cc1cc(-c2cc(C(=O)NCc3cccc(OCC#N)c3)c3cnn(C(C)C)c3n2)c(C)o1. The van der Waals surface area contributed by atoms with Crippen molar-refractivity contribution in [2.75, 3.05) is 6.61 Å². The van der Waals surface area contributed by atoms with Crippen LogP contribution in [-0.2, 0) is 6.54 Å². The van der Waals surface area contributed by atoms with Gasteiger partial charge in [-0.3, -0.25) is 4.79 Å². The third-order valence-corrected chi connectivity index (χ3v) is 5.27. The van der Waals surface area contributed by atoms with Crippen molar-refractivity contribution in [2.24, 2.45) is 0 Å². The molecule has 33 heavy (non-hydrogen) atoms. The van der Waals surface area contributed by atoms with Crippen molar-refractivity contribution >= 4 is 16.9 Å². The summed E-state index contributed by atoms with van der Waals surface area (Å²) in [6.07, 6.45) is 1.69. The molecule has 0 saturated carbocycles. The molecule has 168 valence electrons. The number of carbonyl (C=O) groups excluding carboxylic acids is 1. The number of benzene rings is 1. The number of nitrogens with one attached hydrogen (secondary N) is 1. The molecule has 3 aromatic heterocycles. The fourth-order valence-corrected chi connectivity index (χ4v) is 3.75. The number of carbonyl (C=O) groups is 1. The van der Waals surface area contributed by atoms with Gasteiger partial charge in [0.05, 0.1) is 22.8 Å². The first-order valence-corrected chi connectivity index (χ1v) is 10.7. The number of pyridine rings is 1. The fourth-order valence-electron chi connectivity index (χ4n) is 3.75. The number of furan rings is 1. The quantitative estimate of drug-likeness (QED) is 0.443. The normalized spacial score (nSPS) is 11.0. The summed E-state index contributed by atoms with van der Waals surface area (Å²) in [7, 11) is 0. The zero-order valence-corrected chi connectivity index (χ0v) is 19.0. The molecule has 0 fully saturated rings. The molecule has 0 saturated heterocycles. The van der Waals surface area contributed by atoms with Crippen LogP contribution in [0.2, 0.25) is 0 Å². The minimum atomic E-state index is -0.229. The van der Waals surface area contributed by atoms with E-state index in [2.05, 4.69) is 10.4 Å². The predicted molar refractivity (Wildman–Crippen MR) is 124 cm³/mol. The summed E-state index contributed by atoms with van der Waals surface area (Å²) in [6, 6.07) is 13.0. The van der Waals surface area contributed by atoms with Crippen LogP contribution in [0.15, 0.2) is 47.0 Å². The van der Waals surface area contributed by atoms with E-state index in [1.807, 2.05) is 56.6 Å². The monoisotopic (exact) mass is 443 g/mol. The Morgan fingerprint density at radius 3 is 2.79 bits per heavy atom. The third-order valence-electron chi connectivity index (χ3n) is 5.27. The number of hydrogen-bond donors (Lipinski definition) is 1. The molecule has 0 spiro atoms. The van der Waals surface area contributed by atoms with Crippen molar-refractivity contribution in [3.05, 3.63) is 65.2 Å². The molecule has 4 rings (SSSR count). The first-order valence-electron chi connectivity index (χ1n) is 10.7. The molecule has 0 aliphatic rings. The van der Waals surface area contributed by atoms with Gasteiger partial charge in [0, 0.05) is 18.2 Å². The first-order chi connectivity index (χ1) is 15.9. The van der Waals surface area contributed by atoms with Crippen molar-refractivity contribution in [2.45, 2.75) is 40.3 Å². The molecule has 1 N–H and O–H groups in total. The number of amides is 1. The minimum Gasteiger partial charge on any atom is -0.479 e. The second-order valence-corrected chi connectivity index (χ2v) is 8.08. The van der Waals surface area contributed by atoms with Crippen molar-refractivity contribution in [1.82, 2.24) is 20.1 Å². The van der Waals surface area contributed by atoms with Crippen molar-refractivity contribution in [3.8, 4) is 23.1 Å². The van der Waals surface area contributed by atoms with E-state index in [4.69, 9.17) is 19.4 Å². The maximum Gasteiger partial charge on any atom is 0.252 e. The zero-order valence-electron chi connectivity index (χ0n) is 19.0. The van der Waals surface area contributed by atoms with Gasteiger partial charge in [0.1, 0.15) is 23.3 Å². The second-order valence-electron chi connectivity index (χ2n) is 8.08. The number of nitriles is 1. The summed E-state index contributed by atoms with van der Waals surface area (Å²) in [6.45, 7) is 8.10. The molecule has 8 nitrogen and oxygen atoms in total. The number of rotatable bonds is 7. The Bertz CT molecular complexity index is 1360. The van der Waals surface area contributed by atoms with Gasteiger partial charge in [0.2, 0.25) is 0 Å². The molecule has 8 heteroatoms. The molecule has 4 aromatic rings. The lowest BCUT2D eigenvalue weighted by molar-refractivity contribution is 0.0952. The average molecular weight is 444 g/mol. The topological polar surface area (TPSA) is 106 Å². The van der Waals surface area contributed by atoms with Crippen LogP contribution < -0.4 is 10.1 Å². The van der Waals surface area contributed by atoms with Gasteiger partial charge >= 0.3 is 0 Å². The van der Waals surface area contributed by atoms with Gasteiger partial charge in [-0.2, -0.15) is 10.4 Å². The van der Waals surface area contributed by atoms with Crippen molar-refractivity contribution in [1.29, 1.82) is 5.26 Å². The third kappa shape index (κ3) is 4.58. The lowest BCUT2D eigenvalue weighted by Crippen LogP contribution is -2.23. The Morgan fingerprint density at radius 2 is 2.09 bits per heavy atom. The molecule has 0 unspecified atom stereocenters. The molecule has 0 bridgehead atoms. The second kappa shape index (κ2) is 9.17. The molecule has 0 aliphatic carbocycles. The molecule has 0 radical (unpaired) electrons. The van der Waals surface area contributed by atoms with E-state index >= 15 is 0 Å². The maximum atomic E-state index is 13.3. The van der Waals surface area contributed by atoms with E-state index in [9.17, 15) is 4.79 Å². The van der Waals surface area contributed by atoms with E-state index in [0.29, 0.717) is 34.6 Å². The fraction of sp³-hybridized carbons (Fsp3) is 0.280. The lowest BCUT2D eigenvalue weighted by atomic mass is 10.1. The highest BCUT2D eigenvalue weighted by atomic mass is 16.5. The van der Waals surface area contributed by atoms with E-state index in [1.54, 1.807) is 24.4 Å². The Balaban J connectivity index is 1.68. The van der Waals surface area contributed by atoms with E-state index in [1.165, 1.54) is 0 Å². The van der Waals surface area contributed by atoms with Crippen molar-refractivity contribution in [3.63, 3.8) is 0 Å². The molecule has 1 aromatic carbocycles. The van der Waals surface area contributed by atoms with Gasteiger partial charge in [-0.1, -0.05) is 12.1 Å². The predicted octanol–water partition coefficient (Wildman–Crippen LogP) is 4.72. The summed E-state index contributed by atoms with van der Waals surface area (Å²) in [4.78, 5) is 18.1. The Labute approximate surface area is 191 Å². The van der Waals surface area contributed by atoms with Crippen molar-refractivity contribution < 1.29 is 13.9 Å². The zero-order chi connectivity index (χ0) is 23.5. The summed E-state index contributed by atoms with van der Waals surface area (Å²) < 4.78 is 12.8.